The lowest BCUT2D eigenvalue weighted by Gasteiger charge is -2.01. The molecule has 0 fully saturated rings. The van der Waals surface area contributed by atoms with Crippen LogP contribution in [0.25, 0.3) is 0 Å². The van der Waals surface area contributed by atoms with Gasteiger partial charge in [-0.05, 0) is 13.8 Å². The molecule has 0 radical (unpaired) electrons. The first-order valence-electron chi connectivity index (χ1n) is 3.11. The van der Waals surface area contributed by atoms with E-state index in [2.05, 4.69) is 25.6 Å². The van der Waals surface area contributed by atoms with Gasteiger partial charge in [0, 0.05) is 11.5 Å². The maximum Gasteiger partial charge on any atom is 0.00442 e. The van der Waals surface area contributed by atoms with Gasteiger partial charge in [0.25, 0.3) is 0 Å². The van der Waals surface area contributed by atoms with E-state index in [4.69, 9.17) is 0 Å². The van der Waals surface area contributed by atoms with Crippen molar-refractivity contribution in [1.29, 1.82) is 0 Å². The Morgan fingerprint density at radius 3 is 1.56 bits per heavy atom. The van der Waals surface area contributed by atoms with Gasteiger partial charge in [0.15, 0.2) is 0 Å². The van der Waals surface area contributed by atoms with Crippen molar-refractivity contribution in [3.05, 3.63) is 11.1 Å². The second-order valence-corrected chi connectivity index (χ2v) is 6.10. The third-order valence-corrected chi connectivity index (χ3v) is 3.86. The number of hydrogen-bond acceptors (Lipinski definition) is 0. The Hall–Kier alpha value is -0.170. The minimum absolute atomic E-state index is 0.719. The third kappa shape index (κ3) is 1.39. The molecule has 0 bridgehead atoms. The standard InChI is InChI=1S/C8H14S/c1-7-5-9(3,4)6-8(7)2/h3-6H2,1-2H3. The van der Waals surface area contributed by atoms with Crippen LogP contribution in [0.4, 0.5) is 0 Å². The van der Waals surface area contributed by atoms with Gasteiger partial charge >= 0.3 is 0 Å². The van der Waals surface area contributed by atoms with Crippen molar-refractivity contribution in [3.8, 4) is 0 Å². The first-order valence-corrected chi connectivity index (χ1v) is 5.42. The van der Waals surface area contributed by atoms with Crippen LogP contribution in [0.2, 0.25) is 0 Å². The van der Waals surface area contributed by atoms with Crippen molar-refractivity contribution in [2.75, 3.05) is 11.5 Å². The molecule has 9 heavy (non-hydrogen) atoms. The van der Waals surface area contributed by atoms with Gasteiger partial charge in [0.05, 0.1) is 0 Å². The fourth-order valence-electron chi connectivity index (χ4n) is 1.22. The van der Waals surface area contributed by atoms with E-state index in [0.717, 1.165) is 0 Å². The van der Waals surface area contributed by atoms with Gasteiger partial charge in [-0.3, -0.25) is 0 Å². The zero-order chi connectivity index (χ0) is 7.07. The van der Waals surface area contributed by atoms with Crippen LogP contribution in [-0.4, -0.2) is 23.2 Å². The monoisotopic (exact) mass is 142 g/mol. The lowest BCUT2D eigenvalue weighted by molar-refractivity contribution is 1.29. The van der Waals surface area contributed by atoms with E-state index >= 15 is 0 Å². The molecular formula is C8H14S. The Morgan fingerprint density at radius 2 is 1.44 bits per heavy atom. The van der Waals surface area contributed by atoms with E-state index in [-0.39, 0.29) is 0 Å². The van der Waals surface area contributed by atoms with Gasteiger partial charge in [0.1, 0.15) is 0 Å². The molecule has 0 amide bonds. The smallest absolute Gasteiger partial charge is 0.00442 e. The predicted molar refractivity (Wildman–Crippen MR) is 49.9 cm³/mol. The zero-order valence-corrected chi connectivity index (χ0v) is 7.05. The summed E-state index contributed by atoms with van der Waals surface area (Å²) in [6, 6.07) is 0. The van der Waals surface area contributed by atoms with Crippen molar-refractivity contribution >= 4 is 20.9 Å². The van der Waals surface area contributed by atoms with Crippen LogP contribution < -0.4 is 0 Å². The topological polar surface area (TPSA) is 0 Å². The molecule has 0 saturated carbocycles. The summed E-state index contributed by atoms with van der Waals surface area (Å²) in [7, 11) is -0.719. The minimum Gasteiger partial charge on any atom is -0.207 e. The molecule has 0 unspecified atom stereocenters. The Kier molecular flexibility index (Phi) is 1.47. The van der Waals surface area contributed by atoms with E-state index < -0.39 is 9.21 Å². The van der Waals surface area contributed by atoms with Crippen molar-refractivity contribution in [2.45, 2.75) is 13.8 Å². The molecule has 0 nitrogen and oxygen atoms in total. The van der Waals surface area contributed by atoms with Crippen LogP contribution in [0, 0.1) is 0 Å². The Labute approximate surface area is 58.1 Å². The van der Waals surface area contributed by atoms with Crippen LogP contribution in [-0.2, 0) is 0 Å². The van der Waals surface area contributed by atoms with Crippen molar-refractivity contribution in [1.82, 2.24) is 0 Å². The Morgan fingerprint density at radius 1 is 1.11 bits per heavy atom. The number of hydrogen-bond donors (Lipinski definition) is 0. The van der Waals surface area contributed by atoms with Gasteiger partial charge < -0.3 is 0 Å². The normalized spacial score (nSPS) is 25.1. The second-order valence-electron chi connectivity index (χ2n) is 3.07. The minimum atomic E-state index is -0.719. The molecular weight excluding hydrogens is 128 g/mol. The maximum absolute atomic E-state index is 4.10. The fourth-order valence-corrected chi connectivity index (χ4v) is 3.65. The van der Waals surface area contributed by atoms with E-state index in [1.54, 1.807) is 0 Å². The highest BCUT2D eigenvalue weighted by molar-refractivity contribution is 8.28. The first-order chi connectivity index (χ1) is 4.01. The van der Waals surface area contributed by atoms with Crippen LogP contribution in [0.3, 0.4) is 0 Å². The molecule has 0 N–H and O–H groups in total. The third-order valence-electron chi connectivity index (χ3n) is 1.77. The zero-order valence-electron chi connectivity index (χ0n) is 6.24. The highest BCUT2D eigenvalue weighted by Gasteiger charge is 2.10. The first kappa shape index (κ1) is 6.94. The van der Waals surface area contributed by atoms with Crippen molar-refractivity contribution in [3.63, 3.8) is 0 Å². The molecule has 0 atom stereocenters. The average molecular weight is 142 g/mol. The lowest BCUT2D eigenvalue weighted by atomic mass is 10.2. The van der Waals surface area contributed by atoms with Gasteiger partial charge in [-0.25, -0.2) is 9.21 Å². The van der Waals surface area contributed by atoms with Gasteiger partial charge in [-0.15, -0.1) is 0 Å². The quantitative estimate of drug-likeness (QED) is 0.358. The largest absolute Gasteiger partial charge is 0.207 e. The molecule has 1 aliphatic heterocycles. The Balaban J connectivity index is 2.95. The van der Waals surface area contributed by atoms with Crippen molar-refractivity contribution in [2.24, 2.45) is 0 Å². The molecule has 1 aliphatic rings. The lowest BCUT2D eigenvalue weighted by Crippen LogP contribution is -1.79. The average Bonchev–Trinajstić information content (AvgIpc) is 1.79. The summed E-state index contributed by atoms with van der Waals surface area (Å²) in [4.78, 5) is 0. The van der Waals surface area contributed by atoms with E-state index in [0.29, 0.717) is 0 Å². The Bertz CT molecular complexity index is 220. The second kappa shape index (κ2) is 1.91. The molecule has 0 aliphatic carbocycles. The van der Waals surface area contributed by atoms with Crippen LogP contribution >= 0.6 is 9.21 Å². The number of rotatable bonds is 0. The highest BCUT2D eigenvalue weighted by Crippen LogP contribution is 2.33. The van der Waals surface area contributed by atoms with E-state index in [9.17, 15) is 0 Å². The van der Waals surface area contributed by atoms with Crippen LogP contribution in [0.15, 0.2) is 11.1 Å². The summed E-state index contributed by atoms with van der Waals surface area (Å²) in [6.07, 6.45) is 0. The predicted octanol–water partition coefficient (Wildman–Crippen LogP) is 2.00. The van der Waals surface area contributed by atoms with Crippen LogP contribution in [0.5, 0.6) is 0 Å². The fraction of sp³-hybridized carbons (Fsp3) is 0.500. The van der Waals surface area contributed by atoms with Gasteiger partial charge in [-0.1, -0.05) is 22.9 Å². The van der Waals surface area contributed by atoms with E-state index in [1.165, 1.54) is 22.7 Å². The van der Waals surface area contributed by atoms with Gasteiger partial charge in [-0.2, -0.15) is 0 Å². The summed E-state index contributed by atoms with van der Waals surface area (Å²) in [5.41, 5.74) is 3.05. The molecule has 1 heteroatoms. The maximum atomic E-state index is 4.10. The molecule has 1 heterocycles. The molecule has 0 aromatic carbocycles. The summed E-state index contributed by atoms with van der Waals surface area (Å²) in [6.45, 7) is 4.39. The molecule has 0 aromatic heterocycles. The van der Waals surface area contributed by atoms with Crippen LogP contribution in [0.1, 0.15) is 13.8 Å². The summed E-state index contributed by atoms with van der Waals surface area (Å²) < 4.78 is 0. The van der Waals surface area contributed by atoms with Gasteiger partial charge in [0.2, 0.25) is 0 Å². The molecule has 52 valence electrons. The van der Waals surface area contributed by atoms with Crippen molar-refractivity contribution < 1.29 is 0 Å². The molecule has 0 spiro atoms. The molecule has 1 rings (SSSR count). The van der Waals surface area contributed by atoms with E-state index in [1.807, 2.05) is 0 Å². The molecule has 0 aromatic rings. The summed E-state index contributed by atoms with van der Waals surface area (Å²) >= 11 is 0. The summed E-state index contributed by atoms with van der Waals surface area (Å²) in [5.74, 6) is 10.5. The summed E-state index contributed by atoms with van der Waals surface area (Å²) in [5, 5.41) is 0. The SMILES string of the molecule is C=S1(=C)CC(C)=C(C)C1. The highest BCUT2D eigenvalue weighted by atomic mass is 32.2. The molecule has 0 saturated heterocycles.